The van der Waals surface area contributed by atoms with Crippen molar-refractivity contribution < 1.29 is 0 Å². The largest absolute Gasteiger partial charge is 0.327 e. The van der Waals surface area contributed by atoms with Crippen molar-refractivity contribution in [3.8, 4) is 0 Å². The van der Waals surface area contributed by atoms with Crippen LogP contribution in [0.4, 0.5) is 0 Å². The third kappa shape index (κ3) is 3.75. The smallest absolute Gasteiger partial charge is 0.0972 e. The first-order valence-electron chi connectivity index (χ1n) is 7.98. The summed E-state index contributed by atoms with van der Waals surface area (Å²) < 4.78 is 0. The van der Waals surface area contributed by atoms with Gasteiger partial charge in [0, 0.05) is 37.5 Å². The van der Waals surface area contributed by atoms with Crippen LogP contribution in [0, 0.1) is 5.41 Å². The number of hydrogen-bond donors (Lipinski definition) is 1. The maximum atomic E-state index is 6.22. The number of rotatable bonds is 4. The second-order valence-electron chi connectivity index (χ2n) is 6.99. The van der Waals surface area contributed by atoms with Gasteiger partial charge in [-0.2, -0.15) is 0 Å². The zero-order valence-electron chi connectivity index (χ0n) is 13.5. The fraction of sp³-hybridized carbons (Fsp3) is 0.500. The number of thiazole rings is 1. The molecule has 1 aliphatic heterocycles. The van der Waals surface area contributed by atoms with Gasteiger partial charge in [-0.25, -0.2) is 4.98 Å². The Bertz CT molecular complexity index is 606. The molecule has 1 aromatic carbocycles. The average Bonchev–Trinajstić information content (AvgIpc) is 2.91. The summed E-state index contributed by atoms with van der Waals surface area (Å²) >= 11 is 1.77. The van der Waals surface area contributed by atoms with Gasteiger partial charge in [0.05, 0.1) is 10.7 Å². The van der Waals surface area contributed by atoms with Crippen molar-refractivity contribution in [1.82, 2.24) is 9.88 Å². The van der Waals surface area contributed by atoms with E-state index in [9.17, 15) is 0 Å². The fourth-order valence-electron chi connectivity index (χ4n) is 3.12. The summed E-state index contributed by atoms with van der Waals surface area (Å²) in [5, 5.41) is 3.41. The molecule has 1 unspecified atom stereocenters. The van der Waals surface area contributed by atoms with Crippen LogP contribution in [-0.2, 0) is 13.0 Å². The van der Waals surface area contributed by atoms with Crippen LogP contribution in [0.25, 0.3) is 0 Å². The van der Waals surface area contributed by atoms with Gasteiger partial charge in [-0.15, -0.1) is 11.3 Å². The summed E-state index contributed by atoms with van der Waals surface area (Å²) in [7, 11) is 0. The third-order valence-corrected chi connectivity index (χ3v) is 5.47. The van der Waals surface area contributed by atoms with Crippen LogP contribution in [0.15, 0.2) is 35.7 Å². The molecule has 4 heteroatoms. The molecule has 0 spiro atoms. The summed E-state index contributed by atoms with van der Waals surface area (Å²) in [5.41, 5.74) is 8.94. The Labute approximate surface area is 137 Å². The summed E-state index contributed by atoms with van der Waals surface area (Å²) in [6.07, 6.45) is 2.01. The molecule has 0 bridgehead atoms. The van der Waals surface area contributed by atoms with Crippen molar-refractivity contribution in [2.45, 2.75) is 39.3 Å². The van der Waals surface area contributed by atoms with Crippen molar-refractivity contribution >= 4 is 11.3 Å². The minimum absolute atomic E-state index is 0.196. The maximum absolute atomic E-state index is 6.22. The number of aromatic nitrogens is 1. The molecule has 0 amide bonds. The lowest BCUT2D eigenvalue weighted by atomic mass is 9.80. The van der Waals surface area contributed by atoms with E-state index in [4.69, 9.17) is 10.7 Å². The quantitative estimate of drug-likeness (QED) is 0.941. The van der Waals surface area contributed by atoms with Gasteiger partial charge in [0.1, 0.15) is 0 Å². The fourth-order valence-corrected chi connectivity index (χ4v) is 3.94. The van der Waals surface area contributed by atoms with Crippen molar-refractivity contribution in [2.24, 2.45) is 11.1 Å². The molecule has 0 radical (unpaired) electrons. The van der Waals surface area contributed by atoms with Crippen LogP contribution < -0.4 is 5.73 Å². The molecule has 1 aliphatic rings. The molecule has 1 aromatic heterocycles. The Balaban J connectivity index is 1.60. The molecular weight excluding hydrogens is 290 g/mol. The third-order valence-electron chi connectivity index (χ3n) is 4.57. The highest BCUT2D eigenvalue weighted by molar-refractivity contribution is 7.09. The van der Waals surface area contributed by atoms with Gasteiger partial charge in [-0.3, -0.25) is 4.90 Å². The first-order chi connectivity index (χ1) is 10.5. The molecule has 1 atom stereocenters. The van der Waals surface area contributed by atoms with Crippen LogP contribution in [-0.4, -0.2) is 29.0 Å². The number of hydrogen-bond acceptors (Lipinski definition) is 4. The lowest BCUT2D eigenvalue weighted by molar-refractivity contribution is 0.0890. The zero-order chi connectivity index (χ0) is 15.6. The van der Waals surface area contributed by atoms with Crippen molar-refractivity contribution in [3.05, 3.63) is 52.0 Å². The van der Waals surface area contributed by atoms with E-state index in [1.54, 1.807) is 11.3 Å². The van der Waals surface area contributed by atoms with Gasteiger partial charge >= 0.3 is 0 Å². The molecular formula is C18H25N3S. The Morgan fingerprint density at radius 2 is 2.09 bits per heavy atom. The van der Waals surface area contributed by atoms with Gasteiger partial charge in [-0.1, -0.05) is 44.2 Å². The molecule has 1 saturated heterocycles. The lowest BCUT2D eigenvalue weighted by Gasteiger charge is -2.42. The predicted molar refractivity (Wildman–Crippen MR) is 93.0 cm³/mol. The highest BCUT2D eigenvalue weighted by Gasteiger charge is 2.33. The monoisotopic (exact) mass is 315 g/mol. The zero-order valence-corrected chi connectivity index (χ0v) is 14.3. The second-order valence-corrected chi connectivity index (χ2v) is 7.93. The van der Waals surface area contributed by atoms with E-state index in [-0.39, 0.29) is 5.41 Å². The highest BCUT2D eigenvalue weighted by atomic mass is 32.1. The molecule has 118 valence electrons. The van der Waals surface area contributed by atoms with E-state index in [1.165, 1.54) is 16.3 Å². The number of nitrogens with two attached hydrogens (primary N) is 1. The predicted octanol–water partition coefficient (Wildman–Crippen LogP) is 3.29. The first kappa shape index (κ1) is 15.7. The minimum Gasteiger partial charge on any atom is -0.327 e. The summed E-state index contributed by atoms with van der Waals surface area (Å²) in [5.74, 6) is 0. The Morgan fingerprint density at radius 3 is 2.82 bits per heavy atom. The van der Waals surface area contributed by atoms with Crippen LogP contribution in [0.2, 0.25) is 0 Å². The summed E-state index contributed by atoms with van der Waals surface area (Å²) in [4.78, 5) is 7.30. The molecule has 3 rings (SSSR count). The molecule has 1 fully saturated rings. The van der Waals surface area contributed by atoms with E-state index in [0.717, 1.165) is 32.5 Å². The topological polar surface area (TPSA) is 42.2 Å². The Kier molecular flexibility index (Phi) is 4.62. The Hall–Kier alpha value is -1.23. The van der Waals surface area contributed by atoms with E-state index >= 15 is 0 Å². The minimum atomic E-state index is 0.196. The number of likely N-dealkylation sites (tertiary alicyclic amines) is 1. The average molecular weight is 315 g/mol. The normalized spacial score (nSPS) is 21.9. The SMILES string of the molecule is CC1(C)CN(Cc2csc(Cc3ccccc3)n2)CCC1N. The van der Waals surface area contributed by atoms with Crippen molar-refractivity contribution in [3.63, 3.8) is 0 Å². The van der Waals surface area contributed by atoms with E-state index in [2.05, 4.69) is 54.5 Å². The summed E-state index contributed by atoms with van der Waals surface area (Å²) in [6, 6.07) is 10.9. The van der Waals surface area contributed by atoms with Crippen LogP contribution >= 0.6 is 11.3 Å². The van der Waals surface area contributed by atoms with Crippen LogP contribution in [0.3, 0.4) is 0 Å². The van der Waals surface area contributed by atoms with Gasteiger partial charge in [-0.05, 0) is 17.4 Å². The van der Waals surface area contributed by atoms with Gasteiger partial charge in [0.15, 0.2) is 0 Å². The molecule has 0 aliphatic carbocycles. The Morgan fingerprint density at radius 1 is 1.32 bits per heavy atom. The van der Waals surface area contributed by atoms with E-state index in [0.29, 0.717) is 6.04 Å². The second kappa shape index (κ2) is 6.49. The standard InChI is InChI=1S/C18H25N3S/c1-18(2)13-21(9-8-16(18)19)11-15-12-22-17(20-15)10-14-6-4-3-5-7-14/h3-7,12,16H,8-11,13,19H2,1-2H3. The van der Waals surface area contributed by atoms with E-state index in [1.807, 2.05) is 0 Å². The molecule has 2 heterocycles. The first-order valence-corrected chi connectivity index (χ1v) is 8.86. The van der Waals surface area contributed by atoms with Crippen molar-refractivity contribution in [2.75, 3.05) is 13.1 Å². The van der Waals surface area contributed by atoms with Gasteiger partial charge in [0.2, 0.25) is 0 Å². The lowest BCUT2D eigenvalue weighted by Crippen LogP contribution is -2.52. The maximum Gasteiger partial charge on any atom is 0.0972 e. The van der Waals surface area contributed by atoms with Crippen LogP contribution in [0.5, 0.6) is 0 Å². The molecule has 3 nitrogen and oxygen atoms in total. The molecule has 2 N–H and O–H groups in total. The number of benzene rings is 1. The number of nitrogens with zero attached hydrogens (tertiary/aromatic N) is 2. The summed E-state index contributed by atoms with van der Waals surface area (Å²) in [6.45, 7) is 7.62. The number of piperidine rings is 1. The van der Waals surface area contributed by atoms with Crippen molar-refractivity contribution in [1.29, 1.82) is 0 Å². The molecule has 22 heavy (non-hydrogen) atoms. The van der Waals surface area contributed by atoms with Crippen LogP contribution in [0.1, 0.15) is 36.5 Å². The highest BCUT2D eigenvalue weighted by Crippen LogP contribution is 2.28. The molecule has 2 aromatic rings. The van der Waals surface area contributed by atoms with Gasteiger partial charge in [0.25, 0.3) is 0 Å². The van der Waals surface area contributed by atoms with E-state index < -0.39 is 0 Å². The molecule has 0 saturated carbocycles. The van der Waals surface area contributed by atoms with Gasteiger partial charge < -0.3 is 5.73 Å².